The maximum atomic E-state index is 13.5. The van der Waals surface area contributed by atoms with Crippen molar-refractivity contribution in [2.75, 3.05) is 6.61 Å². The van der Waals surface area contributed by atoms with Gasteiger partial charge in [0.1, 0.15) is 0 Å². The lowest BCUT2D eigenvalue weighted by molar-refractivity contribution is -0.152. The molecule has 1 fully saturated rings. The number of rotatable bonds is 4. The summed E-state index contributed by atoms with van der Waals surface area (Å²) in [6, 6.07) is 13.7. The van der Waals surface area contributed by atoms with Crippen molar-refractivity contribution >= 4 is 5.97 Å². The Balaban J connectivity index is 1.79. The van der Waals surface area contributed by atoms with Gasteiger partial charge in [-0.25, -0.2) is 8.78 Å². The molecule has 1 aliphatic heterocycles. The molecule has 2 nitrogen and oxygen atoms in total. The molecular weight excluding hydrogens is 298 g/mol. The lowest BCUT2D eigenvalue weighted by Crippen LogP contribution is -2.31. The standard InChI is InChI=1S/C19H18F2O2/c20-16-9-8-15(12-17(16)21)18-14(10-11-23-19(18)22)7-6-13-4-2-1-3-5-13/h1-5,8-9,12,14,18H,6-7,10-11H2/t14-,18-/m1/s1. The number of aryl methyl sites for hydroxylation is 1. The molecule has 1 aliphatic rings. The summed E-state index contributed by atoms with van der Waals surface area (Å²) in [5.74, 6) is -2.63. The molecule has 2 atom stereocenters. The van der Waals surface area contributed by atoms with Crippen molar-refractivity contribution in [1.29, 1.82) is 0 Å². The van der Waals surface area contributed by atoms with Gasteiger partial charge in [-0.15, -0.1) is 0 Å². The first-order chi connectivity index (χ1) is 11.1. The molecule has 0 aliphatic carbocycles. The first-order valence-corrected chi connectivity index (χ1v) is 7.80. The number of carbonyl (C=O) groups excluding carboxylic acids is 1. The van der Waals surface area contributed by atoms with Gasteiger partial charge in [-0.3, -0.25) is 4.79 Å². The minimum absolute atomic E-state index is 0.0707. The topological polar surface area (TPSA) is 26.3 Å². The molecule has 2 aromatic carbocycles. The quantitative estimate of drug-likeness (QED) is 0.789. The highest BCUT2D eigenvalue weighted by Crippen LogP contribution is 2.35. The summed E-state index contributed by atoms with van der Waals surface area (Å²) in [4.78, 5) is 12.2. The average Bonchev–Trinajstić information content (AvgIpc) is 2.57. The third-order valence-corrected chi connectivity index (χ3v) is 4.41. The zero-order valence-corrected chi connectivity index (χ0v) is 12.7. The van der Waals surface area contributed by atoms with E-state index in [-0.39, 0.29) is 11.9 Å². The van der Waals surface area contributed by atoms with Crippen molar-refractivity contribution in [2.45, 2.75) is 25.2 Å². The fraction of sp³-hybridized carbons (Fsp3) is 0.316. The van der Waals surface area contributed by atoms with Gasteiger partial charge in [0, 0.05) is 0 Å². The molecule has 0 N–H and O–H groups in total. The number of cyclic esters (lactones) is 1. The highest BCUT2D eigenvalue weighted by atomic mass is 19.2. The third kappa shape index (κ3) is 3.58. The van der Waals surface area contributed by atoms with Crippen molar-refractivity contribution in [3.63, 3.8) is 0 Å². The monoisotopic (exact) mass is 316 g/mol. The number of halogens is 2. The smallest absolute Gasteiger partial charge is 0.313 e. The van der Waals surface area contributed by atoms with Crippen LogP contribution >= 0.6 is 0 Å². The van der Waals surface area contributed by atoms with Crippen LogP contribution in [-0.4, -0.2) is 12.6 Å². The van der Waals surface area contributed by atoms with Gasteiger partial charge in [-0.2, -0.15) is 0 Å². The second-order valence-electron chi connectivity index (χ2n) is 5.89. The van der Waals surface area contributed by atoms with E-state index < -0.39 is 17.6 Å². The predicted octanol–water partition coefficient (Wildman–Crippen LogP) is 4.24. The maximum absolute atomic E-state index is 13.5. The molecule has 0 unspecified atom stereocenters. The Morgan fingerprint density at radius 2 is 1.83 bits per heavy atom. The molecule has 0 bridgehead atoms. The number of ether oxygens (including phenoxy) is 1. The van der Waals surface area contributed by atoms with Crippen LogP contribution in [0.1, 0.15) is 29.9 Å². The molecule has 23 heavy (non-hydrogen) atoms. The molecule has 120 valence electrons. The van der Waals surface area contributed by atoms with Crippen molar-refractivity contribution in [3.8, 4) is 0 Å². The number of benzene rings is 2. The SMILES string of the molecule is O=C1OCC[C@@H](CCc2ccccc2)[C@@H]1c1ccc(F)c(F)c1. The summed E-state index contributed by atoms with van der Waals surface area (Å²) in [6.07, 6.45) is 2.39. The van der Waals surface area contributed by atoms with Gasteiger partial charge in [0.15, 0.2) is 11.6 Å². The van der Waals surface area contributed by atoms with Crippen LogP contribution in [0.15, 0.2) is 48.5 Å². The zero-order chi connectivity index (χ0) is 16.2. The fourth-order valence-corrected chi connectivity index (χ4v) is 3.18. The minimum atomic E-state index is -0.928. The Hall–Kier alpha value is -2.23. The van der Waals surface area contributed by atoms with Crippen LogP contribution in [0.4, 0.5) is 8.78 Å². The van der Waals surface area contributed by atoms with Crippen LogP contribution in [0.25, 0.3) is 0 Å². The van der Waals surface area contributed by atoms with Gasteiger partial charge in [0.05, 0.1) is 12.5 Å². The third-order valence-electron chi connectivity index (χ3n) is 4.41. The van der Waals surface area contributed by atoms with E-state index in [9.17, 15) is 13.6 Å². The molecule has 0 radical (unpaired) electrons. The number of hydrogen-bond acceptors (Lipinski definition) is 2. The molecule has 3 rings (SSSR count). The van der Waals surface area contributed by atoms with Crippen molar-refractivity contribution in [2.24, 2.45) is 5.92 Å². The lowest BCUT2D eigenvalue weighted by Gasteiger charge is -2.30. The van der Waals surface area contributed by atoms with Crippen molar-refractivity contribution < 1.29 is 18.3 Å². The van der Waals surface area contributed by atoms with Gasteiger partial charge in [-0.1, -0.05) is 36.4 Å². The van der Waals surface area contributed by atoms with Crippen LogP contribution < -0.4 is 0 Å². The van der Waals surface area contributed by atoms with E-state index in [0.717, 1.165) is 31.4 Å². The van der Waals surface area contributed by atoms with E-state index in [0.29, 0.717) is 12.2 Å². The summed E-state index contributed by atoms with van der Waals surface area (Å²) in [5.41, 5.74) is 1.70. The Labute approximate surface area is 134 Å². The largest absolute Gasteiger partial charge is 0.465 e. The summed E-state index contributed by atoms with van der Waals surface area (Å²) in [6.45, 7) is 0.387. The Kier molecular flexibility index (Phi) is 4.70. The molecule has 1 saturated heterocycles. The number of carbonyl (C=O) groups is 1. The predicted molar refractivity (Wildman–Crippen MR) is 82.9 cm³/mol. The summed E-state index contributed by atoms with van der Waals surface area (Å²) in [5, 5.41) is 0. The van der Waals surface area contributed by atoms with Crippen molar-refractivity contribution in [3.05, 3.63) is 71.3 Å². The van der Waals surface area contributed by atoms with Crippen LogP contribution in [0.2, 0.25) is 0 Å². The first kappa shape index (κ1) is 15.7. The van der Waals surface area contributed by atoms with E-state index in [1.807, 2.05) is 30.3 Å². The maximum Gasteiger partial charge on any atom is 0.313 e. The minimum Gasteiger partial charge on any atom is -0.465 e. The van der Waals surface area contributed by atoms with Gasteiger partial charge in [0.25, 0.3) is 0 Å². The second kappa shape index (κ2) is 6.90. The normalized spacial score (nSPS) is 21.0. The van der Waals surface area contributed by atoms with Crippen LogP contribution in [0.3, 0.4) is 0 Å². The average molecular weight is 316 g/mol. The van der Waals surface area contributed by atoms with E-state index >= 15 is 0 Å². The highest BCUT2D eigenvalue weighted by molar-refractivity contribution is 5.79. The van der Waals surface area contributed by atoms with Crippen LogP contribution in [-0.2, 0) is 16.0 Å². The molecule has 2 aromatic rings. The Morgan fingerprint density at radius 3 is 2.57 bits per heavy atom. The summed E-state index contributed by atoms with van der Waals surface area (Å²) in [7, 11) is 0. The van der Waals surface area contributed by atoms with Gasteiger partial charge < -0.3 is 4.74 Å². The Morgan fingerprint density at radius 1 is 1.04 bits per heavy atom. The van der Waals surface area contributed by atoms with Gasteiger partial charge in [-0.05, 0) is 48.4 Å². The fourth-order valence-electron chi connectivity index (χ4n) is 3.18. The lowest BCUT2D eigenvalue weighted by atomic mass is 9.79. The molecule has 0 saturated carbocycles. The van der Waals surface area contributed by atoms with E-state index in [1.165, 1.54) is 11.6 Å². The molecule has 0 amide bonds. The highest BCUT2D eigenvalue weighted by Gasteiger charge is 2.35. The summed E-state index contributed by atoms with van der Waals surface area (Å²) < 4.78 is 31.8. The van der Waals surface area contributed by atoms with E-state index in [4.69, 9.17) is 4.74 Å². The van der Waals surface area contributed by atoms with E-state index in [1.54, 1.807) is 0 Å². The van der Waals surface area contributed by atoms with Crippen molar-refractivity contribution in [1.82, 2.24) is 0 Å². The molecule has 4 heteroatoms. The van der Waals surface area contributed by atoms with Gasteiger partial charge >= 0.3 is 5.97 Å². The summed E-state index contributed by atoms with van der Waals surface area (Å²) >= 11 is 0. The van der Waals surface area contributed by atoms with Gasteiger partial charge in [0.2, 0.25) is 0 Å². The Bertz CT molecular complexity index is 685. The zero-order valence-electron chi connectivity index (χ0n) is 12.7. The van der Waals surface area contributed by atoms with Crippen LogP contribution in [0, 0.1) is 17.6 Å². The van der Waals surface area contributed by atoms with E-state index in [2.05, 4.69) is 0 Å². The second-order valence-corrected chi connectivity index (χ2v) is 5.89. The molecule has 1 heterocycles. The number of esters is 1. The molecular formula is C19H18F2O2. The first-order valence-electron chi connectivity index (χ1n) is 7.80. The number of hydrogen-bond donors (Lipinski definition) is 0. The molecule has 0 aromatic heterocycles. The van der Waals surface area contributed by atoms with Crippen LogP contribution in [0.5, 0.6) is 0 Å². The molecule has 0 spiro atoms.